The molecule has 0 aliphatic heterocycles. The number of carbonyl (C=O) groups excluding carboxylic acids is 1. The predicted octanol–water partition coefficient (Wildman–Crippen LogP) is 3.05. The van der Waals surface area contributed by atoms with Crippen molar-refractivity contribution in [3.8, 4) is 0 Å². The van der Waals surface area contributed by atoms with Gasteiger partial charge in [-0.15, -0.1) is 11.3 Å². The zero-order valence-corrected chi connectivity index (χ0v) is 16.2. The lowest BCUT2D eigenvalue weighted by Gasteiger charge is -2.33. The van der Waals surface area contributed by atoms with Gasteiger partial charge in [0.2, 0.25) is 5.91 Å². The summed E-state index contributed by atoms with van der Waals surface area (Å²) >= 11 is 1.66. The van der Waals surface area contributed by atoms with E-state index in [0.29, 0.717) is 19.0 Å². The van der Waals surface area contributed by atoms with Crippen molar-refractivity contribution in [2.75, 3.05) is 6.61 Å². The smallest absolute Gasteiger partial charge is 0.246 e. The number of amides is 1. The molecule has 1 amide bonds. The second-order valence-corrected chi connectivity index (χ2v) is 8.03. The topological polar surface area (TPSA) is 71.2 Å². The van der Waals surface area contributed by atoms with Gasteiger partial charge in [0.1, 0.15) is 5.01 Å². The quantitative estimate of drug-likeness (QED) is 0.756. The number of hydrogen-bond acceptors (Lipinski definition) is 5. The number of rotatable bonds is 7. The third-order valence-corrected chi connectivity index (χ3v) is 6.11. The van der Waals surface area contributed by atoms with Crippen molar-refractivity contribution in [2.24, 2.45) is 0 Å². The van der Waals surface area contributed by atoms with Crippen LogP contribution in [0.4, 0.5) is 0 Å². The number of aliphatic hydroxyl groups excluding tert-OH is 1. The molecule has 0 spiro atoms. The van der Waals surface area contributed by atoms with Crippen molar-refractivity contribution < 1.29 is 9.90 Å². The van der Waals surface area contributed by atoms with E-state index in [1.807, 2.05) is 22.0 Å². The van der Waals surface area contributed by atoms with Gasteiger partial charge in [0.05, 0.1) is 31.9 Å². The van der Waals surface area contributed by atoms with Gasteiger partial charge < -0.3 is 10.0 Å². The fourth-order valence-electron chi connectivity index (χ4n) is 3.48. The van der Waals surface area contributed by atoms with Crippen LogP contribution >= 0.6 is 11.3 Å². The molecule has 0 fully saturated rings. The minimum Gasteiger partial charge on any atom is -0.394 e. The molecule has 3 rings (SSSR count). The van der Waals surface area contributed by atoms with E-state index >= 15 is 0 Å². The van der Waals surface area contributed by atoms with Crippen LogP contribution in [-0.2, 0) is 24.3 Å². The van der Waals surface area contributed by atoms with Crippen LogP contribution in [0.5, 0.6) is 0 Å². The Kier molecular flexibility index (Phi) is 5.88. The lowest BCUT2D eigenvalue weighted by Crippen LogP contribution is -2.35. The molecule has 1 N–H and O–H groups in total. The van der Waals surface area contributed by atoms with Gasteiger partial charge in [0, 0.05) is 22.3 Å². The van der Waals surface area contributed by atoms with Gasteiger partial charge in [-0.25, -0.2) is 4.98 Å². The van der Waals surface area contributed by atoms with Crippen molar-refractivity contribution in [1.82, 2.24) is 19.7 Å². The van der Waals surface area contributed by atoms with Gasteiger partial charge in [-0.2, -0.15) is 5.10 Å². The van der Waals surface area contributed by atoms with Gasteiger partial charge in [-0.05, 0) is 31.3 Å². The first kappa shape index (κ1) is 18.8. The molecule has 0 bridgehead atoms. The average Bonchev–Trinajstić information content (AvgIpc) is 3.27. The van der Waals surface area contributed by atoms with Gasteiger partial charge in [0.15, 0.2) is 0 Å². The minimum atomic E-state index is -0.0842. The van der Waals surface area contributed by atoms with Crippen LogP contribution in [0.1, 0.15) is 59.8 Å². The summed E-state index contributed by atoms with van der Waals surface area (Å²) in [7, 11) is 0. The van der Waals surface area contributed by atoms with Gasteiger partial charge in [-0.3, -0.25) is 9.48 Å². The van der Waals surface area contributed by atoms with E-state index in [4.69, 9.17) is 0 Å². The van der Waals surface area contributed by atoms with Crippen LogP contribution in [0.3, 0.4) is 0 Å². The van der Waals surface area contributed by atoms with E-state index in [9.17, 15) is 9.90 Å². The van der Waals surface area contributed by atoms with E-state index in [2.05, 4.69) is 30.5 Å². The molecule has 1 unspecified atom stereocenters. The van der Waals surface area contributed by atoms with Crippen molar-refractivity contribution in [3.05, 3.63) is 46.2 Å². The highest BCUT2D eigenvalue weighted by molar-refractivity contribution is 7.11. The Balaban J connectivity index is 1.89. The largest absolute Gasteiger partial charge is 0.394 e. The fourth-order valence-corrected chi connectivity index (χ4v) is 4.40. The second kappa shape index (κ2) is 8.14. The number of thiazole rings is 1. The third kappa shape index (κ3) is 3.73. The first-order chi connectivity index (χ1) is 12.5. The maximum atomic E-state index is 12.6. The molecule has 26 heavy (non-hydrogen) atoms. The molecule has 0 saturated heterocycles. The number of fused-ring (bicyclic) bond motifs is 1. The summed E-state index contributed by atoms with van der Waals surface area (Å²) in [6.07, 6.45) is 7.96. The summed E-state index contributed by atoms with van der Waals surface area (Å²) in [4.78, 5) is 20.2. The van der Waals surface area contributed by atoms with Crippen molar-refractivity contribution in [2.45, 2.75) is 58.2 Å². The molecule has 140 valence electrons. The molecule has 2 aromatic heterocycles. The molecule has 6 nitrogen and oxygen atoms in total. The zero-order chi connectivity index (χ0) is 18.7. The Hall–Kier alpha value is -1.99. The number of nitrogens with zero attached hydrogens (tertiary/aromatic N) is 4. The van der Waals surface area contributed by atoms with Crippen molar-refractivity contribution >= 4 is 17.2 Å². The lowest BCUT2D eigenvalue weighted by atomic mass is 9.91. The number of hydrogen-bond donors (Lipinski definition) is 1. The number of aromatic nitrogens is 3. The zero-order valence-electron chi connectivity index (χ0n) is 15.4. The Morgan fingerprint density at radius 2 is 2.35 bits per heavy atom. The van der Waals surface area contributed by atoms with Crippen LogP contribution in [0.25, 0.3) is 0 Å². The van der Waals surface area contributed by atoms with Gasteiger partial charge >= 0.3 is 0 Å². The van der Waals surface area contributed by atoms with Crippen molar-refractivity contribution in [3.63, 3.8) is 0 Å². The second-order valence-electron chi connectivity index (χ2n) is 6.88. The maximum absolute atomic E-state index is 12.6. The molecule has 1 aliphatic rings. The molecule has 0 radical (unpaired) electrons. The summed E-state index contributed by atoms with van der Waals surface area (Å²) in [6.45, 7) is 9.00. The Bertz CT molecular complexity index is 780. The van der Waals surface area contributed by atoms with Crippen LogP contribution in [0, 0.1) is 0 Å². The Labute approximate surface area is 158 Å². The monoisotopic (exact) mass is 374 g/mol. The highest BCUT2D eigenvalue weighted by Crippen LogP contribution is 2.36. The van der Waals surface area contributed by atoms with Gasteiger partial charge in [-0.1, -0.05) is 20.4 Å². The Morgan fingerprint density at radius 1 is 1.54 bits per heavy atom. The normalized spacial score (nSPS) is 16.5. The number of carbonyl (C=O) groups is 1. The molecule has 0 saturated carbocycles. The van der Waals surface area contributed by atoms with E-state index in [-0.39, 0.29) is 18.6 Å². The SMILES string of the molecule is C=CC(=O)N(Cc1ncc(C(C)C)s1)C1CCCc2c1cnn2CCO. The fraction of sp³-hybridized carbons (Fsp3) is 0.526. The van der Waals surface area contributed by atoms with Crippen LogP contribution in [0.15, 0.2) is 25.0 Å². The highest BCUT2D eigenvalue weighted by atomic mass is 32.1. The third-order valence-electron chi connectivity index (χ3n) is 4.82. The van der Waals surface area contributed by atoms with Gasteiger partial charge in [0.25, 0.3) is 0 Å². The highest BCUT2D eigenvalue weighted by Gasteiger charge is 2.31. The molecule has 0 aromatic carbocycles. The molecular formula is C19H26N4O2S. The maximum Gasteiger partial charge on any atom is 0.246 e. The van der Waals surface area contributed by atoms with E-state index in [1.54, 1.807) is 11.3 Å². The summed E-state index contributed by atoms with van der Waals surface area (Å²) in [5.74, 6) is 0.349. The molecule has 1 atom stereocenters. The predicted molar refractivity (Wildman–Crippen MR) is 102 cm³/mol. The summed E-state index contributed by atoms with van der Waals surface area (Å²) < 4.78 is 1.86. The molecule has 7 heteroatoms. The molecular weight excluding hydrogens is 348 g/mol. The molecule has 1 aliphatic carbocycles. The minimum absolute atomic E-state index is 0.0249. The first-order valence-electron chi connectivity index (χ1n) is 9.08. The summed E-state index contributed by atoms with van der Waals surface area (Å²) in [6, 6.07) is -0.0249. The average molecular weight is 375 g/mol. The van der Waals surface area contributed by atoms with E-state index in [0.717, 1.165) is 35.5 Å². The summed E-state index contributed by atoms with van der Waals surface area (Å²) in [5, 5.41) is 14.6. The summed E-state index contributed by atoms with van der Waals surface area (Å²) in [5.41, 5.74) is 2.21. The van der Waals surface area contributed by atoms with E-state index in [1.165, 1.54) is 11.0 Å². The number of aliphatic hydroxyl groups is 1. The van der Waals surface area contributed by atoms with Crippen LogP contribution in [-0.4, -0.2) is 37.3 Å². The Morgan fingerprint density at radius 3 is 3.00 bits per heavy atom. The van der Waals surface area contributed by atoms with E-state index < -0.39 is 0 Å². The molecule has 2 aromatic rings. The van der Waals surface area contributed by atoms with Crippen LogP contribution < -0.4 is 0 Å². The standard InChI is InChI=1S/C19H26N4O2S/c1-4-19(25)22(12-18-20-11-17(26-18)13(2)3)15-6-5-7-16-14(15)10-21-23(16)8-9-24/h4,10-11,13,15,24H,1,5-9,12H2,2-3H3. The lowest BCUT2D eigenvalue weighted by molar-refractivity contribution is -0.129. The van der Waals surface area contributed by atoms with Crippen molar-refractivity contribution in [1.29, 1.82) is 0 Å². The molecule has 2 heterocycles. The van der Waals surface area contributed by atoms with Crippen LogP contribution in [0.2, 0.25) is 0 Å². The first-order valence-corrected chi connectivity index (χ1v) is 9.89.